The van der Waals surface area contributed by atoms with Crippen molar-refractivity contribution < 1.29 is 0 Å². The molecule has 164 valence electrons. The van der Waals surface area contributed by atoms with Gasteiger partial charge >= 0.3 is 0 Å². The summed E-state index contributed by atoms with van der Waals surface area (Å²) >= 11 is 8.55. The second-order valence-electron chi connectivity index (χ2n) is 10.5. The maximum absolute atomic E-state index is 6.95. The number of aromatic nitrogens is 1. The van der Waals surface area contributed by atoms with E-state index in [4.69, 9.17) is 16.0 Å². The molecular formula is C26H32ClN3S. The molecule has 3 nitrogen and oxygen atoms in total. The summed E-state index contributed by atoms with van der Waals surface area (Å²) in [6.07, 6.45) is 1.19. The lowest BCUT2D eigenvalue weighted by atomic mass is 9.82. The van der Waals surface area contributed by atoms with Gasteiger partial charge in [0.2, 0.25) is 0 Å². The van der Waals surface area contributed by atoms with Crippen LogP contribution in [-0.2, 0) is 10.8 Å². The molecule has 1 aromatic heterocycles. The summed E-state index contributed by atoms with van der Waals surface area (Å²) in [5.74, 6) is 1.14. The second kappa shape index (κ2) is 7.75. The molecule has 0 saturated carbocycles. The molecule has 1 unspecified atom stereocenters. The number of halogens is 1. The number of hydrogen-bond acceptors (Lipinski definition) is 4. The smallest absolute Gasteiger partial charge is 0.150 e. The van der Waals surface area contributed by atoms with Crippen LogP contribution in [0.3, 0.4) is 0 Å². The zero-order chi connectivity index (χ0) is 21.8. The van der Waals surface area contributed by atoms with Gasteiger partial charge in [0, 0.05) is 38.1 Å². The van der Waals surface area contributed by atoms with Crippen LogP contribution in [0.25, 0.3) is 10.1 Å². The molecule has 31 heavy (non-hydrogen) atoms. The molecule has 1 aliphatic heterocycles. The summed E-state index contributed by atoms with van der Waals surface area (Å²) in [5.41, 5.74) is 4.71. The molecule has 1 aliphatic carbocycles. The van der Waals surface area contributed by atoms with Crippen molar-refractivity contribution in [2.75, 3.05) is 37.6 Å². The standard InChI is InChI=1S/C26H32ClN3S/c1-25(2)17-26(3,4)21-15-18(9-10-20(21)25)22(27)16-29-11-13-30(14-12-29)24-19-7-5-6-8-23(19)31-28-24/h5-10,15,22H,11-14,16-17H2,1-4H3. The van der Waals surface area contributed by atoms with E-state index in [0.29, 0.717) is 0 Å². The van der Waals surface area contributed by atoms with E-state index in [1.165, 1.54) is 33.2 Å². The molecule has 2 aliphatic rings. The molecule has 1 saturated heterocycles. The third kappa shape index (κ3) is 3.88. The molecule has 0 spiro atoms. The first-order valence-electron chi connectivity index (χ1n) is 11.4. The van der Waals surface area contributed by atoms with Gasteiger partial charge in [-0.2, -0.15) is 4.37 Å². The summed E-state index contributed by atoms with van der Waals surface area (Å²) < 4.78 is 6.00. The van der Waals surface area contributed by atoms with Gasteiger partial charge in [0.25, 0.3) is 0 Å². The highest BCUT2D eigenvalue weighted by Gasteiger charge is 2.42. The van der Waals surface area contributed by atoms with Crippen LogP contribution in [0, 0.1) is 0 Å². The van der Waals surface area contributed by atoms with Crippen LogP contribution in [0.15, 0.2) is 42.5 Å². The topological polar surface area (TPSA) is 19.4 Å². The van der Waals surface area contributed by atoms with Gasteiger partial charge in [-0.15, -0.1) is 11.6 Å². The molecule has 2 heterocycles. The van der Waals surface area contributed by atoms with Crippen molar-refractivity contribution in [3.63, 3.8) is 0 Å². The monoisotopic (exact) mass is 453 g/mol. The first kappa shape index (κ1) is 21.2. The number of alkyl halides is 1. The Hall–Kier alpha value is -1.62. The van der Waals surface area contributed by atoms with Gasteiger partial charge in [0.1, 0.15) is 5.82 Å². The third-order valence-electron chi connectivity index (χ3n) is 7.20. The summed E-state index contributed by atoms with van der Waals surface area (Å²) in [5, 5.41) is 1.30. The second-order valence-corrected chi connectivity index (χ2v) is 11.8. The van der Waals surface area contributed by atoms with Crippen molar-refractivity contribution in [1.82, 2.24) is 9.27 Å². The van der Waals surface area contributed by atoms with E-state index < -0.39 is 0 Å². The van der Waals surface area contributed by atoms with Gasteiger partial charge in [-0.25, -0.2) is 0 Å². The Kier molecular flexibility index (Phi) is 5.31. The summed E-state index contributed by atoms with van der Waals surface area (Å²) in [6, 6.07) is 15.5. The van der Waals surface area contributed by atoms with E-state index in [0.717, 1.165) is 38.5 Å². The molecule has 0 N–H and O–H groups in total. The maximum atomic E-state index is 6.95. The lowest BCUT2D eigenvalue weighted by molar-refractivity contribution is 0.257. The summed E-state index contributed by atoms with van der Waals surface area (Å²) in [7, 11) is 0. The van der Waals surface area contributed by atoms with Crippen LogP contribution in [0.5, 0.6) is 0 Å². The number of piperazine rings is 1. The first-order valence-corrected chi connectivity index (χ1v) is 12.6. The van der Waals surface area contributed by atoms with E-state index in [-0.39, 0.29) is 16.2 Å². The number of anilines is 1. The van der Waals surface area contributed by atoms with Crippen molar-refractivity contribution >= 4 is 39.0 Å². The molecule has 3 aromatic rings. The van der Waals surface area contributed by atoms with Crippen LogP contribution in [0.4, 0.5) is 5.82 Å². The predicted molar refractivity (Wildman–Crippen MR) is 134 cm³/mol. The lowest BCUT2D eigenvalue weighted by Gasteiger charge is -2.36. The molecule has 2 aromatic carbocycles. The Morgan fingerprint density at radius 2 is 1.68 bits per heavy atom. The highest BCUT2D eigenvalue weighted by atomic mass is 35.5. The zero-order valence-corrected chi connectivity index (χ0v) is 20.6. The molecule has 1 fully saturated rings. The summed E-state index contributed by atoms with van der Waals surface area (Å²) in [6.45, 7) is 14.4. The number of rotatable bonds is 4. The highest BCUT2D eigenvalue weighted by molar-refractivity contribution is 7.13. The summed E-state index contributed by atoms with van der Waals surface area (Å²) in [4.78, 5) is 4.93. The Morgan fingerprint density at radius 3 is 2.45 bits per heavy atom. The van der Waals surface area contributed by atoms with Crippen LogP contribution in [0.2, 0.25) is 0 Å². The van der Waals surface area contributed by atoms with Gasteiger partial charge in [-0.05, 0) is 57.6 Å². The van der Waals surface area contributed by atoms with Crippen molar-refractivity contribution in [2.24, 2.45) is 0 Å². The quantitative estimate of drug-likeness (QED) is 0.428. The van der Waals surface area contributed by atoms with Gasteiger partial charge < -0.3 is 4.90 Å². The minimum atomic E-state index is 0.0245. The number of nitrogens with zero attached hydrogens (tertiary/aromatic N) is 3. The van der Waals surface area contributed by atoms with E-state index in [2.05, 4.69) is 80.0 Å². The van der Waals surface area contributed by atoms with E-state index in [1.807, 2.05) is 0 Å². The fourth-order valence-electron chi connectivity index (χ4n) is 5.78. The van der Waals surface area contributed by atoms with E-state index in [9.17, 15) is 0 Å². The van der Waals surface area contributed by atoms with E-state index >= 15 is 0 Å². The van der Waals surface area contributed by atoms with Crippen LogP contribution >= 0.6 is 23.1 Å². The minimum Gasteiger partial charge on any atom is -0.353 e. The predicted octanol–water partition coefficient (Wildman–Crippen LogP) is 6.36. The average Bonchev–Trinajstić information content (AvgIpc) is 3.24. The van der Waals surface area contributed by atoms with Crippen LogP contribution < -0.4 is 4.90 Å². The van der Waals surface area contributed by atoms with E-state index in [1.54, 1.807) is 11.5 Å². The molecule has 5 rings (SSSR count). The van der Waals surface area contributed by atoms with Crippen LogP contribution in [0.1, 0.15) is 56.2 Å². The number of fused-ring (bicyclic) bond motifs is 2. The Morgan fingerprint density at radius 1 is 0.968 bits per heavy atom. The average molecular weight is 454 g/mol. The molecule has 0 amide bonds. The van der Waals surface area contributed by atoms with Crippen molar-refractivity contribution in [3.05, 3.63) is 59.2 Å². The van der Waals surface area contributed by atoms with Gasteiger partial charge in [-0.1, -0.05) is 58.0 Å². The third-order valence-corrected chi connectivity index (χ3v) is 8.40. The Labute approximate surface area is 195 Å². The molecule has 0 bridgehead atoms. The minimum absolute atomic E-state index is 0.0245. The Balaban J connectivity index is 1.25. The van der Waals surface area contributed by atoms with Crippen molar-refractivity contribution in [1.29, 1.82) is 0 Å². The number of benzene rings is 2. The zero-order valence-electron chi connectivity index (χ0n) is 19.0. The van der Waals surface area contributed by atoms with Crippen molar-refractivity contribution in [3.8, 4) is 0 Å². The Bertz CT molecular complexity index is 1090. The maximum Gasteiger partial charge on any atom is 0.150 e. The fourth-order valence-corrected chi connectivity index (χ4v) is 6.90. The van der Waals surface area contributed by atoms with Crippen molar-refractivity contribution in [2.45, 2.75) is 50.3 Å². The van der Waals surface area contributed by atoms with Gasteiger partial charge in [0.05, 0.1) is 10.1 Å². The van der Waals surface area contributed by atoms with Crippen LogP contribution in [-0.4, -0.2) is 42.0 Å². The molecule has 1 atom stereocenters. The normalized spacial score (nSPS) is 21.4. The largest absolute Gasteiger partial charge is 0.353 e. The molecule has 0 radical (unpaired) electrons. The van der Waals surface area contributed by atoms with Gasteiger partial charge in [-0.3, -0.25) is 4.90 Å². The van der Waals surface area contributed by atoms with Gasteiger partial charge in [0.15, 0.2) is 0 Å². The SMILES string of the molecule is CC1(C)CC(C)(C)c2cc(C(Cl)CN3CCN(c4nsc5ccccc45)CC3)ccc21. The lowest BCUT2D eigenvalue weighted by Crippen LogP contribution is -2.47. The number of hydrogen-bond donors (Lipinski definition) is 0. The fraction of sp³-hybridized carbons (Fsp3) is 0.500. The highest BCUT2D eigenvalue weighted by Crippen LogP contribution is 2.50. The molecular weight excluding hydrogens is 422 g/mol. The molecule has 5 heteroatoms. The first-order chi connectivity index (χ1) is 14.7.